The van der Waals surface area contributed by atoms with Gasteiger partial charge in [-0.2, -0.15) is 0 Å². The van der Waals surface area contributed by atoms with Gasteiger partial charge in [-0.15, -0.1) is 0 Å². The van der Waals surface area contributed by atoms with Crippen LogP contribution in [0.5, 0.6) is 0 Å². The summed E-state index contributed by atoms with van der Waals surface area (Å²) in [6.45, 7) is 0.830. The zero-order valence-electron chi connectivity index (χ0n) is 10.7. The average molecular weight is 238 g/mol. The van der Waals surface area contributed by atoms with Crippen molar-refractivity contribution >= 4 is 0 Å². The lowest BCUT2D eigenvalue weighted by atomic mass is 9.92. The van der Waals surface area contributed by atoms with E-state index in [1.807, 2.05) is 0 Å². The van der Waals surface area contributed by atoms with Crippen molar-refractivity contribution in [3.05, 3.63) is 59.7 Å². The SMILES string of the molecule is COCC1CCc2cccc(-c3ccccc3)c21. The Morgan fingerprint density at radius 1 is 1.06 bits per heavy atom. The van der Waals surface area contributed by atoms with Gasteiger partial charge in [-0.25, -0.2) is 0 Å². The number of benzene rings is 2. The van der Waals surface area contributed by atoms with Gasteiger partial charge in [-0.3, -0.25) is 0 Å². The molecule has 2 aromatic rings. The van der Waals surface area contributed by atoms with E-state index in [1.165, 1.54) is 35.1 Å². The first-order chi connectivity index (χ1) is 8.90. The molecule has 0 heterocycles. The third-order valence-electron chi connectivity index (χ3n) is 3.82. The number of hydrogen-bond acceptors (Lipinski definition) is 1. The molecule has 1 heteroatoms. The minimum atomic E-state index is 0.557. The number of rotatable bonds is 3. The van der Waals surface area contributed by atoms with Crippen molar-refractivity contribution < 1.29 is 4.74 Å². The lowest BCUT2D eigenvalue weighted by Crippen LogP contribution is -2.03. The lowest BCUT2D eigenvalue weighted by molar-refractivity contribution is 0.179. The first kappa shape index (κ1) is 11.5. The van der Waals surface area contributed by atoms with E-state index in [9.17, 15) is 0 Å². The molecule has 0 bridgehead atoms. The summed E-state index contributed by atoms with van der Waals surface area (Å²) in [4.78, 5) is 0. The van der Waals surface area contributed by atoms with Crippen LogP contribution in [0.3, 0.4) is 0 Å². The molecule has 0 aliphatic heterocycles. The van der Waals surface area contributed by atoms with Crippen molar-refractivity contribution in [1.29, 1.82) is 0 Å². The Kier molecular flexibility index (Phi) is 3.16. The van der Waals surface area contributed by atoms with Crippen LogP contribution in [0.1, 0.15) is 23.5 Å². The minimum absolute atomic E-state index is 0.557. The normalized spacial score (nSPS) is 17.7. The first-order valence-electron chi connectivity index (χ1n) is 6.56. The molecule has 0 fully saturated rings. The van der Waals surface area contributed by atoms with Crippen molar-refractivity contribution in [2.75, 3.05) is 13.7 Å². The van der Waals surface area contributed by atoms with Crippen LogP contribution in [0.15, 0.2) is 48.5 Å². The molecule has 3 rings (SSSR count). The summed E-state index contributed by atoms with van der Waals surface area (Å²) in [7, 11) is 1.79. The summed E-state index contributed by atoms with van der Waals surface area (Å²) < 4.78 is 5.37. The van der Waals surface area contributed by atoms with Gasteiger partial charge in [-0.1, -0.05) is 48.5 Å². The highest BCUT2D eigenvalue weighted by Gasteiger charge is 2.25. The maximum absolute atomic E-state index is 5.37. The molecule has 0 aromatic heterocycles. The molecule has 1 aliphatic rings. The second kappa shape index (κ2) is 4.95. The fourth-order valence-electron chi connectivity index (χ4n) is 3.02. The molecule has 0 saturated carbocycles. The summed E-state index contributed by atoms with van der Waals surface area (Å²) >= 11 is 0. The van der Waals surface area contributed by atoms with Crippen LogP contribution in [0.4, 0.5) is 0 Å². The van der Waals surface area contributed by atoms with E-state index < -0.39 is 0 Å². The van der Waals surface area contributed by atoms with Gasteiger partial charge in [0.05, 0.1) is 6.61 Å². The number of methoxy groups -OCH3 is 1. The lowest BCUT2D eigenvalue weighted by Gasteiger charge is -2.15. The standard InChI is InChI=1S/C17H18O/c1-18-12-15-11-10-14-8-5-9-16(17(14)15)13-6-3-2-4-7-13/h2-9,15H,10-12H2,1H3. The van der Waals surface area contributed by atoms with Crippen LogP contribution in [0.2, 0.25) is 0 Å². The molecule has 18 heavy (non-hydrogen) atoms. The smallest absolute Gasteiger partial charge is 0.0531 e. The number of hydrogen-bond donors (Lipinski definition) is 0. The molecule has 1 nitrogen and oxygen atoms in total. The van der Waals surface area contributed by atoms with Gasteiger partial charge in [0.2, 0.25) is 0 Å². The Bertz CT molecular complexity index is 529. The molecule has 92 valence electrons. The van der Waals surface area contributed by atoms with Crippen molar-refractivity contribution in [3.63, 3.8) is 0 Å². The second-order valence-electron chi connectivity index (χ2n) is 4.94. The minimum Gasteiger partial charge on any atom is -0.384 e. The van der Waals surface area contributed by atoms with Crippen LogP contribution in [-0.4, -0.2) is 13.7 Å². The van der Waals surface area contributed by atoms with Crippen molar-refractivity contribution in [3.8, 4) is 11.1 Å². The third kappa shape index (κ3) is 1.95. The topological polar surface area (TPSA) is 9.23 Å². The molecule has 0 spiro atoms. The summed E-state index contributed by atoms with van der Waals surface area (Å²) in [6.07, 6.45) is 2.40. The van der Waals surface area contributed by atoms with Crippen LogP contribution in [-0.2, 0) is 11.2 Å². The van der Waals surface area contributed by atoms with Gasteiger partial charge < -0.3 is 4.74 Å². The van der Waals surface area contributed by atoms with E-state index in [4.69, 9.17) is 4.74 Å². The van der Waals surface area contributed by atoms with E-state index >= 15 is 0 Å². The highest BCUT2D eigenvalue weighted by atomic mass is 16.5. The molecule has 2 aromatic carbocycles. The highest BCUT2D eigenvalue weighted by Crippen LogP contribution is 2.39. The van der Waals surface area contributed by atoms with Gasteiger partial charge in [0, 0.05) is 13.0 Å². The van der Waals surface area contributed by atoms with Crippen molar-refractivity contribution in [2.45, 2.75) is 18.8 Å². The summed E-state index contributed by atoms with van der Waals surface area (Å²) in [5.74, 6) is 0.557. The monoisotopic (exact) mass is 238 g/mol. The Morgan fingerprint density at radius 2 is 1.89 bits per heavy atom. The molecule has 0 saturated heterocycles. The Balaban J connectivity index is 2.09. The fraction of sp³-hybridized carbons (Fsp3) is 0.294. The largest absolute Gasteiger partial charge is 0.384 e. The van der Waals surface area contributed by atoms with E-state index in [0.29, 0.717) is 5.92 Å². The van der Waals surface area contributed by atoms with Gasteiger partial charge in [0.1, 0.15) is 0 Å². The van der Waals surface area contributed by atoms with Gasteiger partial charge in [0.25, 0.3) is 0 Å². The van der Waals surface area contributed by atoms with Crippen LogP contribution >= 0.6 is 0 Å². The van der Waals surface area contributed by atoms with Gasteiger partial charge in [-0.05, 0) is 35.1 Å². The van der Waals surface area contributed by atoms with Gasteiger partial charge in [0.15, 0.2) is 0 Å². The van der Waals surface area contributed by atoms with E-state index in [2.05, 4.69) is 48.5 Å². The molecule has 0 amide bonds. The Labute approximate surface area is 108 Å². The maximum Gasteiger partial charge on any atom is 0.0531 e. The predicted molar refractivity (Wildman–Crippen MR) is 74.8 cm³/mol. The molecule has 1 aliphatic carbocycles. The highest BCUT2D eigenvalue weighted by molar-refractivity contribution is 5.70. The van der Waals surface area contributed by atoms with E-state index in [-0.39, 0.29) is 0 Å². The van der Waals surface area contributed by atoms with Crippen molar-refractivity contribution in [1.82, 2.24) is 0 Å². The first-order valence-corrected chi connectivity index (χ1v) is 6.56. The Hall–Kier alpha value is -1.60. The van der Waals surface area contributed by atoms with E-state index in [0.717, 1.165) is 6.61 Å². The molecular formula is C17H18O. The fourth-order valence-corrected chi connectivity index (χ4v) is 3.02. The zero-order chi connectivity index (χ0) is 12.4. The number of fused-ring (bicyclic) bond motifs is 1. The van der Waals surface area contributed by atoms with Crippen LogP contribution in [0, 0.1) is 0 Å². The van der Waals surface area contributed by atoms with Gasteiger partial charge >= 0.3 is 0 Å². The number of ether oxygens (including phenoxy) is 1. The molecule has 1 unspecified atom stereocenters. The molecular weight excluding hydrogens is 220 g/mol. The maximum atomic E-state index is 5.37. The molecule has 0 radical (unpaired) electrons. The average Bonchev–Trinajstić information content (AvgIpc) is 2.84. The molecule has 0 N–H and O–H groups in total. The van der Waals surface area contributed by atoms with Crippen LogP contribution in [0.25, 0.3) is 11.1 Å². The summed E-state index contributed by atoms with van der Waals surface area (Å²) in [5, 5.41) is 0. The van der Waals surface area contributed by atoms with E-state index in [1.54, 1.807) is 7.11 Å². The quantitative estimate of drug-likeness (QED) is 0.784. The Morgan fingerprint density at radius 3 is 2.67 bits per heavy atom. The van der Waals surface area contributed by atoms with Crippen LogP contribution < -0.4 is 0 Å². The summed E-state index contributed by atoms with van der Waals surface area (Å²) in [6, 6.07) is 17.3. The molecule has 1 atom stereocenters. The number of aryl methyl sites for hydroxylation is 1. The zero-order valence-corrected chi connectivity index (χ0v) is 10.7. The second-order valence-corrected chi connectivity index (χ2v) is 4.94. The van der Waals surface area contributed by atoms with Crippen molar-refractivity contribution in [2.24, 2.45) is 0 Å². The predicted octanol–water partition coefficient (Wildman–Crippen LogP) is 4.03. The third-order valence-corrected chi connectivity index (χ3v) is 3.82. The summed E-state index contributed by atoms with van der Waals surface area (Å²) in [5.41, 5.74) is 5.70.